The maximum absolute atomic E-state index is 14.4. The van der Waals surface area contributed by atoms with E-state index in [1.807, 2.05) is 43.3 Å². The molecule has 2 heterocycles. The molecule has 0 saturated heterocycles. The number of alkyl halides is 3. The Bertz CT molecular complexity index is 2700. The van der Waals surface area contributed by atoms with E-state index in [9.17, 15) is 32.3 Å². The molecule has 0 bridgehead atoms. The first-order chi connectivity index (χ1) is 27.5. The summed E-state index contributed by atoms with van der Waals surface area (Å²) in [5.41, 5.74) is 3.09. The zero-order chi connectivity index (χ0) is 41.3. The second kappa shape index (κ2) is 13.9. The maximum atomic E-state index is 14.4. The molecule has 0 saturated carbocycles. The molecule has 0 radical (unpaired) electrons. The Hall–Kier alpha value is -7.01. The van der Waals surface area contributed by atoms with E-state index in [-0.39, 0.29) is 39.9 Å². The number of ether oxygens (including phenoxy) is 2. The molecular weight excluding hydrogens is 746 g/mol. The SMILES string of the molecule is Cc1ccc(-c2ccc(N3C(=O)c4ccc(Oc5ccc(C(C)(C)c6ccc(Oc7ccc8c(c7)C(=O)N(C)C8=O)cc6)cc5)cc4C3=O)cc2C(F)(F)F)c(C)c1. The number of carbonyl (C=O) groups is 4. The smallest absolute Gasteiger partial charge is 0.417 e. The molecule has 0 aromatic heterocycles. The fourth-order valence-electron chi connectivity index (χ4n) is 7.50. The van der Waals surface area contributed by atoms with Gasteiger partial charge in [-0.05, 0) is 114 Å². The van der Waals surface area contributed by atoms with Crippen LogP contribution in [0, 0.1) is 13.8 Å². The number of aryl methyl sites for hydroxylation is 2. The van der Waals surface area contributed by atoms with Crippen LogP contribution in [0.25, 0.3) is 11.1 Å². The fourth-order valence-corrected chi connectivity index (χ4v) is 7.50. The van der Waals surface area contributed by atoms with E-state index in [0.29, 0.717) is 39.5 Å². The Balaban J connectivity index is 0.966. The average molecular weight is 781 g/mol. The number of carbonyl (C=O) groups excluding carboxylic acids is 4. The Morgan fingerprint density at radius 1 is 0.483 bits per heavy atom. The van der Waals surface area contributed by atoms with Crippen LogP contribution in [0.3, 0.4) is 0 Å². The average Bonchev–Trinajstić information content (AvgIpc) is 3.56. The molecular formula is C47H35F3N2O6. The lowest BCUT2D eigenvalue weighted by atomic mass is 9.78. The topological polar surface area (TPSA) is 93.2 Å². The van der Waals surface area contributed by atoms with E-state index in [2.05, 4.69) is 13.8 Å². The van der Waals surface area contributed by atoms with Gasteiger partial charge in [-0.1, -0.05) is 67.9 Å². The molecule has 0 N–H and O–H groups in total. The molecule has 290 valence electrons. The van der Waals surface area contributed by atoms with Crippen LogP contribution in [-0.4, -0.2) is 35.6 Å². The van der Waals surface area contributed by atoms with Gasteiger partial charge in [0.25, 0.3) is 23.6 Å². The van der Waals surface area contributed by atoms with E-state index >= 15 is 0 Å². The number of rotatable bonds is 8. The van der Waals surface area contributed by atoms with Crippen molar-refractivity contribution < 1.29 is 41.8 Å². The summed E-state index contributed by atoms with van der Waals surface area (Å²) >= 11 is 0. The normalized spacial score (nSPS) is 13.9. The van der Waals surface area contributed by atoms with Gasteiger partial charge >= 0.3 is 6.18 Å². The van der Waals surface area contributed by atoms with Crippen molar-refractivity contribution in [1.82, 2.24) is 4.90 Å². The minimum Gasteiger partial charge on any atom is -0.457 e. The first-order valence-corrected chi connectivity index (χ1v) is 18.4. The van der Waals surface area contributed by atoms with E-state index in [4.69, 9.17) is 9.47 Å². The van der Waals surface area contributed by atoms with Gasteiger partial charge in [-0.3, -0.25) is 24.1 Å². The number of imide groups is 2. The minimum atomic E-state index is -4.75. The standard InChI is InChI=1S/C47H35F3N2O6/c1-26-6-18-35(27(2)22-26)36-19-11-30(23-41(36)47(48,49)50)52-44(55)38-21-17-34(25-40(38)45(52)56)58-32-14-9-29(10-15-32)46(3,4)28-7-12-31(13-8-28)57-33-16-20-37-39(24-33)43(54)51(5)42(37)53/h6-25H,1-5H3. The molecule has 8 rings (SSSR count). The summed E-state index contributed by atoms with van der Waals surface area (Å²) in [6.45, 7) is 7.74. The predicted octanol–water partition coefficient (Wildman–Crippen LogP) is 10.9. The lowest BCUT2D eigenvalue weighted by Gasteiger charge is -2.26. The van der Waals surface area contributed by atoms with Crippen molar-refractivity contribution in [2.24, 2.45) is 0 Å². The fraction of sp³-hybridized carbons (Fsp3) is 0.149. The third-order valence-electron chi connectivity index (χ3n) is 10.8. The summed E-state index contributed by atoms with van der Waals surface area (Å²) in [7, 11) is 1.44. The maximum Gasteiger partial charge on any atom is 0.417 e. The summed E-state index contributed by atoms with van der Waals surface area (Å²) in [6, 6.07) is 32.9. The molecule has 2 aliphatic rings. The number of benzene rings is 6. The van der Waals surface area contributed by atoms with Crippen LogP contribution in [0.15, 0.2) is 121 Å². The van der Waals surface area contributed by atoms with Crippen LogP contribution < -0.4 is 14.4 Å². The molecule has 6 aromatic rings. The van der Waals surface area contributed by atoms with Crippen LogP contribution in [0.1, 0.15) is 83.1 Å². The van der Waals surface area contributed by atoms with Gasteiger partial charge in [0, 0.05) is 12.5 Å². The number of fused-ring (bicyclic) bond motifs is 2. The van der Waals surface area contributed by atoms with Gasteiger partial charge in [-0.25, -0.2) is 4.90 Å². The van der Waals surface area contributed by atoms with Crippen LogP contribution in [0.4, 0.5) is 18.9 Å². The molecule has 2 aliphatic heterocycles. The van der Waals surface area contributed by atoms with E-state index in [1.165, 1.54) is 37.4 Å². The number of amides is 4. The Labute approximate surface area is 332 Å². The van der Waals surface area contributed by atoms with Gasteiger partial charge in [-0.2, -0.15) is 13.2 Å². The monoisotopic (exact) mass is 780 g/mol. The quantitative estimate of drug-likeness (QED) is 0.143. The second-order valence-electron chi connectivity index (χ2n) is 15.0. The lowest BCUT2D eigenvalue weighted by Crippen LogP contribution is -2.29. The summed E-state index contributed by atoms with van der Waals surface area (Å²) in [6.07, 6.45) is -4.75. The van der Waals surface area contributed by atoms with Crippen LogP contribution >= 0.6 is 0 Å². The van der Waals surface area contributed by atoms with E-state index in [1.54, 1.807) is 55.5 Å². The van der Waals surface area contributed by atoms with Crippen LogP contribution in [0.5, 0.6) is 23.0 Å². The summed E-state index contributed by atoms with van der Waals surface area (Å²) in [5, 5.41) is 0. The van der Waals surface area contributed by atoms with Crippen molar-refractivity contribution in [1.29, 1.82) is 0 Å². The first-order valence-electron chi connectivity index (χ1n) is 18.4. The zero-order valence-corrected chi connectivity index (χ0v) is 32.0. The number of hydrogen-bond acceptors (Lipinski definition) is 6. The van der Waals surface area contributed by atoms with E-state index < -0.39 is 29.0 Å². The number of nitrogens with zero attached hydrogens (tertiary/aromatic N) is 2. The number of hydrogen-bond donors (Lipinski definition) is 0. The van der Waals surface area contributed by atoms with Gasteiger partial charge < -0.3 is 9.47 Å². The Morgan fingerprint density at radius 3 is 1.47 bits per heavy atom. The van der Waals surface area contributed by atoms with E-state index in [0.717, 1.165) is 32.6 Å². The number of anilines is 1. The van der Waals surface area contributed by atoms with Crippen LogP contribution in [-0.2, 0) is 11.6 Å². The van der Waals surface area contributed by atoms with Gasteiger partial charge in [0.1, 0.15) is 23.0 Å². The van der Waals surface area contributed by atoms with Crippen molar-refractivity contribution in [2.75, 3.05) is 11.9 Å². The molecule has 0 aliphatic carbocycles. The molecule has 11 heteroatoms. The minimum absolute atomic E-state index is 0.0204. The summed E-state index contributed by atoms with van der Waals surface area (Å²) in [5.74, 6) is -0.453. The lowest BCUT2D eigenvalue weighted by molar-refractivity contribution is -0.137. The highest BCUT2D eigenvalue weighted by Crippen LogP contribution is 2.42. The molecule has 0 atom stereocenters. The van der Waals surface area contributed by atoms with Crippen LogP contribution in [0.2, 0.25) is 0 Å². The number of halogens is 3. The van der Waals surface area contributed by atoms with Crippen molar-refractivity contribution in [3.63, 3.8) is 0 Å². The summed E-state index contributed by atoms with van der Waals surface area (Å²) < 4.78 is 55.3. The van der Waals surface area contributed by atoms with Crippen molar-refractivity contribution >= 4 is 29.3 Å². The highest BCUT2D eigenvalue weighted by atomic mass is 19.4. The Kier molecular flexibility index (Phi) is 9.06. The molecule has 8 nitrogen and oxygen atoms in total. The zero-order valence-electron chi connectivity index (χ0n) is 32.0. The van der Waals surface area contributed by atoms with Gasteiger partial charge in [0.15, 0.2) is 0 Å². The molecule has 0 unspecified atom stereocenters. The van der Waals surface area contributed by atoms with Crippen molar-refractivity contribution in [3.8, 4) is 34.1 Å². The molecule has 0 fully saturated rings. The first kappa shape index (κ1) is 37.9. The predicted molar refractivity (Wildman–Crippen MR) is 212 cm³/mol. The van der Waals surface area contributed by atoms with Gasteiger partial charge in [0.2, 0.25) is 0 Å². The van der Waals surface area contributed by atoms with Crippen molar-refractivity contribution in [3.05, 3.63) is 171 Å². The highest BCUT2D eigenvalue weighted by molar-refractivity contribution is 6.34. The summed E-state index contributed by atoms with van der Waals surface area (Å²) in [4.78, 5) is 53.6. The largest absolute Gasteiger partial charge is 0.457 e. The van der Waals surface area contributed by atoms with Gasteiger partial charge in [0.05, 0.1) is 33.5 Å². The molecule has 4 amide bonds. The molecule has 0 spiro atoms. The third kappa shape index (κ3) is 6.58. The molecule has 6 aromatic carbocycles. The third-order valence-corrected chi connectivity index (χ3v) is 10.8. The Morgan fingerprint density at radius 2 is 0.931 bits per heavy atom. The second-order valence-corrected chi connectivity index (χ2v) is 15.0. The molecule has 58 heavy (non-hydrogen) atoms. The van der Waals surface area contributed by atoms with Crippen molar-refractivity contribution in [2.45, 2.75) is 39.3 Å². The highest BCUT2D eigenvalue weighted by Gasteiger charge is 2.40. The van der Waals surface area contributed by atoms with Gasteiger partial charge in [-0.15, -0.1) is 0 Å².